The molecular weight excluding hydrogens is 336 g/mol. The van der Waals surface area contributed by atoms with Crippen LogP contribution in [0.25, 0.3) is 10.9 Å². The number of nitrogens with zero attached hydrogens (tertiary/aromatic N) is 2. The second-order valence-corrected chi connectivity index (χ2v) is 8.59. The molecule has 2 aromatic rings. The molecule has 1 aliphatic heterocycles. The highest BCUT2D eigenvalue weighted by Crippen LogP contribution is 2.25. The lowest BCUT2D eigenvalue weighted by Crippen LogP contribution is -2.20. The van der Waals surface area contributed by atoms with Crippen molar-refractivity contribution < 1.29 is 17.9 Å². The van der Waals surface area contributed by atoms with Gasteiger partial charge in [0.2, 0.25) is 0 Å². The van der Waals surface area contributed by atoms with Gasteiger partial charge in [-0.15, -0.1) is 0 Å². The van der Waals surface area contributed by atoms with Gasteiger partial charge in [-0.25, -0.2) is 18.4 Å². The average molecular weight is 352 g/mol. The van der Waals surface area contributed by atoms with Gasteiger partial charge in [0.25, 0.3) is 0 Å². The highest BCUT2D eigenvalue weighted by Gasteiger charge is 2.30. The molecule has 2 heterocycles. The van der Waals surface area contributed by atoms with E-state index in [4.69, 9.17) is 4.74 Å². The van der Waals surface area contributed by atoms with Gasteiger partial charge < -0.3 is 4.74 Å². The number of rotatable bonds is 4. The fourth-order valence-corrected chi connectivity index (χ4v) is 4.91. The largest absolute Gasteiger partial charge is 0.461 e. The first-order chi connectivity index (χ1) is 10.9. The Balaban J connectivity index is 1.65. The number of hydrogen-bond donors (Lipinski definition) is 0. The molecule has 1 aliphatic rings. The summed E-state index contributed by atoms with van der Waals surface area (Å²) in [7, 11) is -3.05. The minimum atomic E-state index is -3.05. The van der Waals surface area contributed by atoms with E-state index in [9.17, 15) is 13.2 Å². The molecule has 3 rings (SSSR count). The molecule has 0 spiro atoms. The van der Waals surface area contributed by atoms with Gasteiger partial charge >= 0.3 is 5.97 Å². The Kier molecular flexibility index (Phi) is 4.54. The first kappa shape index (κ1) is 16.2. The van der Waals surface area contributed by atoms with Crippen molar-refractivity contribution in [2.24, 2.45) is 0 Å². The van der Waals surface area contributed by atoms with Crippen LogP contribution in [0.15, 0.2) is 29.3 Å². The van der Waals surface area contributed by atoms with Crippen molar-refractivity contribution in [2.45, 2.75) is 24.5 Å². The molecule has 0 bridgehead atoms. The van der Waals surface area contributed by atoms with Gasteiger partial charge in [0.1, 0.15) is 17.0 Å². The van der Waals surface area contributed by atoms with E-state index in [-0.39, 0.29) is 17.3 Å². The van der Waals surface area contributed by atoms with Gasteiger partial charge in [-0.3, -0.25) is 4.79 Å². The maximum Gasteiger partial charge on any atom is 0.316 e. The molecule has 0 amide bonds. The predicted molar refractivity (Wildman–Crippen MR) is 88.1 cm³/mol. The topological polar surface area (TPSA) is 86.2 Å². The van der Waals surface area contributed by atoms with Crippen LogP contribution in [0.1, 0.15) is 12.2 Å². The standard InChI is InChI=1S/C15H16N2O4S2/c1-10-16-13-5-3-2-4-12(13)15(17-10)22-8-14(18)21-11-6-7-23(19,20)9-11/h2-5,11H,6-9H2,1H3/t11-/m0/s1. The Morgan fingerprint density at radius 1 is 1.35 bits per heavy atom. The number of sulfone groups is 1. The molecular formula is C15H16N2O4S2. The smallest absolute Gasteiger partial charge is 0.316 e. The summed E-state index contributed by atoms with van der Waals surface area (Å²) in [5.74, 6) is 0.336. The Morgan fingerprint density at radius 3 is 2.87 bits per heavy atom. The van der Waals surface area contributed by atoms with E-state index in [1.54, 1.807) is 6.92 Å². The van der Waals surface area contributed by atoms with Gasteiger partial charge in [-0.05, 0) is 19.4 Å². The Labute approximate surface area is 138 Å². The molecule has 0 saturated carbocycles. The molecule has 0 radical (unpaired) electrons. The molecule has 122 valence electrons. The van der Waals surface area contributed by atoms with Crippen molar-refractivity contribution in [3.63, 3.8) is 0 Å². The number of ether oxygens (including phenoxy) is 1. The first-order valence-corrected chi connectivity index (χ1v) is 10.00. The summed E-state index contributed by atoms with van der Waals surface area (Å²) >= 11 is 1.28. The number of esters is 1. The van der Waals surface area contributed by atoms with Crippen molar-refractivity contribution in [3.05, 3.63) is 30.1 Å². The van der Waals surface area contributed by atoms with E-state index >= 15 is 0 Å². The van der Waals surface area contributed by atoms with Crippen LogP contribution in [0.4, 0.5) is 0 Å². The number of para-hydroxylation sites is 1. The molecule has 23 heavy (non-hydrogen) atoms. The predicted octanol–water partition coefficient (Wildman–Crippen LogP) is 1.76. The summed E-state index contributed by atoms with van der Waals surface area (Å²) < 4.78 is 28.0. The van der Waals surface area contributed by atoms with E-state index in [0.29, 0.717) is 12.2 Å². The van der Waals surface area contributed by atoms with Crippen molar-refractivity contribution in [1.29, 1.82) is 0 Å². The van der Waals surface area contributed by atoms with Crippen LogP contribution in [0.2, 0.25) is 0 Å². The maximum atomic E-state index is 11.9. The molecule has 1 aromatic carbocycles. The van der Waals surface area contributed by atoms with Gasteiger partial charge in [-0.1, -0.05) is 30.0 Å². The van der Waals surface area contributed by atoms with Gasteiger partial charge in [0.15, 0.2) is 9.84 Å². The van der Waals surface area contributed by atoms with Crippen LogP contribution in [-0.4, -0.2) is 47.7 Å². The van der Waals surface area contributed by atoms with Crippen molar-refractivity contribution in [3.8, 4) is 0 Å². The van der Waals surface area contributed by atoms with E-state index in [0.717, 1.165) is 15.9 Å². The van der Waals surface area contributed by atoms with E-state index < -0.39 is 21.9 Å². The van der Waals surface area contributed by atoms with Gasteiger partial charge in [-0.2, -0.15) is 0 Å². The number of carbonyl (C=O) groups excluding carboxylic acids is 1. The summed E-state index contributed by atoms with van der Waals surface area (Å²) in [6.45, 7) is 1.80. The Bertz CT molecular complexity index is 852. The third-order valence-corrected chi connectivity index (χ3v) is 6.20. The van der Waals surface area contributed by atoms with Crippen molar-refractivity contribution >= 4 is 38.5 Å². The molecule has 0 N–H and O–H groups in total. The quantitative estimate of drug-likeness (QED) is 0.471. The summed E-state index contributed by atoms with van der Waals surface area (Å²) in [6.07, 6.45) is -0.133. The third kappa shape index (κ3) is 4.00. The number of carbonyl (C=O) groups is 1. The number of benzene rings is 1. The van der Waals surface area contributed by atoms with Gasteiger partial charge in [0.05, 0.1) is 22.8 Å². The van der Waals surface area contributed by atoms with E-state index in [1.165, 1.54) is 11.8 Å². The number of fused-ring (bicyclic) bond motifs is 1. The van der Waals surface area contributed by atoms with Gasteiger partial charge in [0, 0.05) is 5.39 Å². The number of thioether (sulfide) groups is 1. The molecule has 8 heteroatoms. The minimum absolute atomic E-state index is 0.0705. The number of aryl methyl sites for hydroxylation is 1. The third-order valence-electron chi connectivity index (χ3n) is 3.50. The molecule has 6 nitrogen and oxygen atoms in total. The van der Waals surface area contributed by atoms with Crippen LogP contribution >= 0.6 is 11.8 Å². The van der Waals surface area contributed by atoms with E-state index in [2.05, 4.69) is 9.97 Å². The molecule has 0 unspecified atom stereocenters. The lowest BCUT2D eigenvalue weighted by Gasteiger charge is -2.10. The second kappa shape index (κ2) is 6.45. The minimum Gasteiger partial charge on any atom is -0.461 e. The first-order valence-electron chi connectivity index (χ1n) is 7.19. The summed E-state index contributed by atoms with van der Waals surface area (Å²) in [5, 5.41) is 1.61. The fraction of sp³-hybridized carbons (Fsp3) is 0.400. The summed E-state index contributed by atoms with van der Waals surface area (Å²) in [4.78, 5) is 20.7. The molecule has 1 fully saturated rings. The van der Waals surface area contributed by atoms with E-state index in [1.807, 2.05) is 24.3 Å². The highest BCUT2D eigenvalue weighted by molar-refractivity contribution is 8.00. The summed E-state index contributed by atoms with van der Waals surface area (Å²) in [5.41, 5.74) is 0.831. The molecule has 1 aromatic heterocycles. The van der Waals surface area contributed by atoms with Crippen LogP contribution in [0.3, 0.4) is 0 Å². The zero-order valence-electron chi connectivity index (χ0n) is 12.6. The van der Waals surface area contributed by atoms with Crippen LogP contribution < -0.4 is 0 Å². The Hall–Kier alpha value is -1.67. The molecule has 1 saturated heterocycles. The van der Waals surface area contributed by atoms with Crippen LogP contribution in [0, 0.1) is 6.92 Å². The van der Waals surface area contributed by atoms with Crippen LogP contribution in [-0.2, 0) is 19.4 Å². The zero-order valence-corrected chi connectivity index (χ0v) is 14.2. The fourth-order valence-electron chi connectivity index (χ4n) is 2.47. The monoisotopic (exact) mass is 352 g/mol. The highest BCUT2D eigenvalue weighted by atomic mass is 32.2. The van der Waals surface area contributed by atoms with Crippen molar-refractivity contribution in [1.82, 2.24) is 9.97 Å². The lowest BCUT2D eigenvalue weighted by molar-refractivity contribution is -0.144. The second-order valence-electron chi connectivity index (χ2n) is 5.40. The zero-order chi connectivity index (χ0) is 16.4. The SMILES string of the molecule is Cc1nc(SCC(=O)O[C@H]2CCS(=O)(=O)C2)c2ccccc2n1. The van der Waals surface area contributed by atoms with Crippen molar-refractivity contribution in [2.75, 3.05) is 17.3 Å². The maximum absolute atomic E-state index is 11.9. The normalized spacial score (nSPS) is 19.8. The van der Waals surface area contributed by atoms with Crippen LogP contribution in [0.5, 0.6) is 0 Å². The number of hydrogen-bond acceptors (Lipinski definition) is 7. The number of aromatic nitrogens is 2. The molecule has 1 atom stereocenters. The average Bonchev–Trinajstić information content (AvgIpc) is 2.83. The summed E-state index contributed by atoms with van der Waals surface area (Å²) in [6, 6.07) is 7.60. The molecule has 0 aliphatic carbocycles. The Morgan fingerprint density at radius 2 is 2.13 bits per heavy atom. The lowest BCUT2D eigenvalue weighted by atomic mass is 10.2.